The largest absolute Gasteiger partial charge is 0.322 e. The van der Waals surface area contributed by atoms with Crippen LogP contribution in [0.25, 0.3) is 0 Å². The van der Waals surface area contributed by atoms with E-state index >= 15 is 0 Å². The Hall–Kier alpha value is -0.590. The van der Waals surface area contributed by atoms with Crippen molar-refractivity contribution in [3.05, 3.63) is 23.9 Å². The Bertz CT molecular complexity index is 623. The van der Waals surface area contributed by atoms with E-state index in [4.69, 9.17) is 0 Å². The molecule has 0 fully saturated rings. The van der Waals surface area contributed by atoms with Crippen LogP contribution in [0, 0.1) is 12.8 Å². The maximum atomic E-state index is 13.2. The van der Waals surface area contributed by atoms with E-state index in [0.717, 1.165) is 47.0 Å². The zero-order valence-corrected chi connectivity index (χ0v) is 18.8. The molecule has 0 bridgehead atoms. The SMILES string of the molecule is CCCC1C=CC(CCC)C(C(=O)Nc2c(SC)cc(C)nc2SC)S1. The number of allylic oxidation sites excluding steroid dienone is 1. The minimum Gasteiger partial charge on any atom is -0.322 e. The topological polar surface area (TPSA) is 42.0 Å². The molecule has 2 heterocycles. The summed E-state index contributed by atoms with van der Waals surface area (Å²) in [4.78, 5) is 18.9. The van der Waals surface area contributed by atoms with Crippen LogP contribution in [-0.2, 0) is 4.79 Å². The Morgan fingerprint density at radius 1 is 1.19 bits per heavy atom. The molecule has 1 aromatic heterocycles. The Balaban J connectivity index is 2.25. The van der Waals surface area contributed by atoms with Crippen molar-refractivity contribution in [3.8, 4) is 0 Å². The lowest BCUT2D eigenvalue weighted by molar-refractivity contribution is -0.116. The lowest BCUT2D eigenvalue weighted by Gasteiger charge is -2.31. The number of nitrogens with zero attached hydrogens (tertiary/aromatic N) is 1. The van der Waals surface area contributed by atoms with Crippen LogP contribution in [0.15, 0.2) is 28.1 Å². The number of hydrogen-bond acceptors (Lipinski definition) is 5. The second-order valence-electron chi connectivity index (χ2n) is 6.56. The predicted molar refractivity (Wildman–Crippen MR) is 119 cm³/mol. The van der Waals surface area contributed by atoms with Crippen LogP contribution in [0.1, 0.15) is 45.2 Å². The van der Waals surface area contributed by atoms with Gasteiger partial charge in [-0.05, 0) is 44.3 Å². The Morgan fingerprint density at radius 2 is 1.92 bits per heavy atom. The number of nitrogens with one attached hydrogen (secondary N) is 1. The lowest BCUT2D eigenvalue weighted by Crippen LogP contribution is -2.35. The number of carbonyl (C=O) groups excluding carboxylic acids is 1. The molecular weight excluding hydrogens is 380 g/mol. The molecule has 6 heteroatoms. The van der Waals surface area contributed by atoms with Crippen molar-refractivity contribution < 1.29 is 4.79 Å². The van der Waals surface area contributed by atoms with Crippen LogP contribution >= 0.6 is 35.3 Å². The van der Waals surface area contributed by atoms with Crippen molar-refractivity contribution in [2.45, 2.75) is 66.9 Å². The Morgan fingerprint density at radius 3 is 2.54 bits per heavy atom. The molecule has 1 aromatic rings. The summed E-state index contributed by atoms with van der Waals surface area (Å²) in [5, 5.41) is 4.55. The van der Waals surface area contributed by atoms with E-state index in [9.17, 15) is 4.79 Å². The van der Waals surface area contributed by atoms with Crippen LogP contribution in [0.3, 0.4) is 0 Å². The fraction of sp³-hybridized carbons (Fsp3) is 0.600. The molecule has 0 aliphatic carbocycles. The highest BCUT2D eigenvalue weighted by Gasteiger charge is 2.32. The van der Waals surface area contributed by atoms with Crippen LogP contribution in [0.5, 0.6) is 0 Å². The van der Waals surface area contributed by atoms with E-state index in [1.807, 2.05) is 31.2 Å². The normalized spacial score (nSPS) is 22.4. The van der Waals surface area contributed by atoms with Crippen molar-refractivity contribution in [1.29, 1.82) is 0 Å². The molecule has 3 nitrogen and oxygen atoms in total. The van der Waals surface area contributed by atoms with Crippen molar-refractivity contribution in [2.75, 3.05) is 17.8 Å². The molecule has 0 saturated carbocycles. The minimum absolute atomic E-state index is 0.0257. The van der Waals surface area contributed by atoms with E-state index in [1.165, 1.54) is 0 Å². The molecule has 3 unspecified atom stereocenters. The molecule has 1 N–H and O–H groups in total. The monoisotopic (exact) mass is 410 g/mol. The number of rotatable bonds is 8. The van der Waals surface area contributed by atoms with Gasteiger partial charge < -0.3 is 5.32 Å². The van der Waals surface area contributed by atoms with E-state index in [-0.39, 0.29) is 11.2 Å². The molecule has 0 aromatic carbocycles. The summed E-state index contributed by atoms with van der Waals surface area (Å²) in [5.41, 5.74) is 1.86. The van der Waals surface area contributed by atoms with Crippen LogP contribution in [-0.4, -0.2) is 33.9 Å². The molecule has 1 amide bonds. The van der Waals surface area contributed by atoms with Gasteiger partial charge in [0.2, 0.25) is 5.91 Å². The van der Waals surface area contributed by atoms with Gasteiger partial charge in [-0.15, -0.1) is 35.3 Å². The molecule has 26 heavy (non-hydrogen) atoms. The molecule has 2 rings (SSSR count). The first-order valence-corrected chi connectivity index (χ1v) is 12.7. The molecular formula is C20H30N2OS3. The minimum atomic E-state index is -0.0257. The number of aryl methyl sites for hydroxylation is 1. The number of hydrogen-bond donors (Lipinski definition) is 1. The first kappa shape index (κ1) is 21.7. The van der Waals surface area contributed by atoms with Crippen LogP contribution < -0.4 is 5.32 Å². The van der Waals surface area contributed by atoms with Gasteiger partial charge in [-0.25, -0.2) is 4.98 Å². The maximum Gasteiger partial charge on any atom is 0.238 e. The fourth-order valence-corrected chi connectivity index (χ4v) is 6.07. The van der Waals surface area contributed by atoms with Gasteiger partial charge in [-0.1, -0.05) is 38.8 Å². The first-order chi connectivity index (χ1) is 12.5. The summed E-state index contributed by atoms with van der Waals surface area (Å²) in [6.45, 7) is 6.39. The third-order valence-electron chi connectivity index (χ3n) is 4.48. The van der Waals surface area contributed by atoms with Crippen molar-refractivity contribution in [1.82, 2.24) is 4.98 Å². The zero-order valence-electron chi connectivity index (χ0n) is 16.4. The van der Waals surface area contributed by atoms with Gasteiger partial charge in [0, 0.05) is 15.8 Å². The summed E-state index contributed by atoms with van der Waals surface area (Å²) in [6, 6.07) is 2.05. The molecule has 0 saturated heterocycles. The summed E-state index contributed by atoms with van der Waals surface area (Å²) in [6.07, 6.45) is 13.1. The van der Waals surface area contributed by atoms with Gasteiger partial charge in [0.1, 0.15) is 5.03 Å². The van der Waals surface area contributed by atoms with E-state index < -0.39 is 0 Å². The number of anilines is 1. The number of thioether (sulfide) groups is 3. The fourth-order valence-electron chi connectivity index (χ4n) is 3.22. The number of amides is 1. The highest BCUT2D eigenvalue weighted by molar-refractivity contribution is 8.01. The lowest BCUT2D eigenvalue weighted by atomic mass is 9.96. The first-order valence-electron chi connectivity index (χ1n) is 9.28. The third kappa shape index (κ3) is 5.46. The smallest absolute Gasteiger partial charge is 0.238 e. The van der Waals surface area contributed by atoms with Gasteiger partial charge in [0.15, 0.2) is 0 Å². The highest BCUT2D eigenvalue weighted by Crippen LogP contribution is 2.38. The average molecular weight is 411 g/mol. The summed E-state index contributed by atoms with van der Waals surface area (Å²) < 4.78 is 0. The summed E-state index contributed by atoms with van der Waals surface area (Å²) in [5.74, 6) is 0.433. The van der Waals surface area contributed by atoms with E-state index in [1.54, 1.807) is 23.5 Å². The molecule has 1 aliphatic heterocycles. The average Bonchev–Trinajstić information content (AvgIpc) is 2.64. The van der Waals surface area contributed by atoms with Gasteiger partial charge in [0.25, 0.3) is 0 Å². The van der Waals surface area contributed by atoms with Crippen molar-refractivity contribution in [2.24, 2.45) is 5.92 Å². The quantitative estimate of drug-likeness (QED) is 0.419. The summed E-state index contributed by atoms with van der Waals surface area (Å²) >= 11 is 5.07. The second-order valence-corrected chi connectivity index (χ2v) is 9.59. The van der Waals surface area contributed by atoms with Crippen molar-refractivity contribution in [3.63, 3.8) is 0 Å². The molecule has 0 spiro atoms. The predicted octanol–water partition coefficient (Wildman–Crippen LogP) is 6.03. The van der Waals surface area contributed by atoms with E-state index in [0.29, 0.717) is 11.2 Å². The van der Waals surface area contributed by atoms with Gasteiger partial charge in [-0.3, -0.25) is 4.79 Å². The maximum absolute atomic E-state index is 13.2. The number of aromatic nitrogens is 1. The van der Waals surface area contributed by atoms with E-state index in [2.05, 4.69) is 42.4 Å². The zero-order chi connectivity index (χ0) is 19.1. The number of carbonyl (C=O) groups is 1. The van der Waals surface area contributed by atoms with Gasteiger partial charge >= 0.3 is 0 Å². The van der Waals surface area contributed by atoms with Gasteiger partial charge in [0.05, 0.1) is 10.9 Å². The van der Waals surface area contributed by atoms with Crippen molar-refractivity contribution >= 4 is 46.9 Å². The third-order valence-corrected chi connectivity index (χ3v) is 7.52. The van der Waals surface area contributed by atoms with Crippen LogP contribution in [0.4, 0.5) is 5.69 Å². The Kier molecular flexibility index (Phi) is 8.91. The highest BCUT2D eigenvalue weighted by atomic mass is 32.2. The molecule has 3 atom stereocenters. The molecule has 0 radical (unpaired) electrons. The Labute approximate surface area is 171 Å². The standard InChI is InChI=1S/C20H30N2OS3/c1-6-8-14-10-11-15(9-7-2)26-18(14)19(23)22-17-16(24-4)12-13(3)21-20(17)25-5/h10-12,14-15,18H,6-9H2,1-5H3,(H,22,23). The second kappa shape index (κ2) is 10.7. The molecule has 1 aliphatic rings. The molecule has 144 valence electrons. The van der Waals surface area contributed by atoms with Crippen LogP contribution in [0.2, 0.25) is 0 Å². The number of pyridine rings is 1. The van der Waals surface area contributed by atoms with Gasteiger partial charge in [-0.2, -0.15) is 0 Å². The summed E-state index contributed by atoms with van der Waals surface area (Å²) in [7, 11) is 0.